The number of aromatic nitrogens is 2. The lowest BCUT2D eigenvalue weighted by Gasteiger charge is -2.11. The number of benzene rings is 1. The van der Waals surface area contributed by atoms with Crippen LogP contribution in [-0.2, 0) is 0 Å². The zero-order valence-electron chi connectivity index (χ0n) is 13.3. The van der Waals surface area contributed by atoms with Gasteiger partial charge in [-0.15, -0.1) is 0 Å². The summed E-state index contributed by atoms with van der Waals surface area (Å²) in [5.74, 6) is -0.609. The smallest absolute Gasteiger partial charge is 0.229 e. The van der Waals surface area contributed by atoms with Crippen LogP contribution in [0.5, 0.6) is 0 Å². The summed E-state index contributed by atoms with van der Waals surface area (Å²) >= 11 is 0. The first kappa shape index (κ1) is 17.1. The average molecular weight is 321 g/mol. The fraction of sp³-hybridized carbons (Fsp3) is 0.375. The number of hydrogen-bond donors (Lipinski definition) is 2. The van der Waals surface area contributed by atoms with Gasteiger partial charge in [0, 0.05) is 12.7 Å². The van der Waals surface area contributed by atoms with Crippen molar-refractivity contribution in [3.8, 4) is 0 Å². The minimum absolute atomic E-state index is 0.146. The zero-order valence-corrected chi connectivity index (χ0v) is 13.3. The standard InChI is InChI=1S/C16H21F2N5/c1-23(2)11-4-3-9-19-14-8-10-20-16(21-14)22-15-12(17)6-5-7-13(15)18/h5-8,10H,3-4,9,11H2,1-2H3,(H2,19,20,21,22). The molecule has 0 radical (unpaired) electrons. The molecule has 0 bridgehead atoms. The van der Waals surface area contributed by atoms with Crippen molar-refractivity contribution in [2.24, 2.45) is 0 Å². The highest BCUT2D eigenvalue weighted by molar-refractivity contribution is 5.56. The van der Waals surface area contributed by atoms with E-state index in [2.05, 4.69) is 25.5 Å². The number of hydrogen-bond acceptors (Lipinski definition) is 5. The summed E-state index contributed by atoms with van der Waals surface area (Å²) in [5.41, 5.74) is -0.254. The Bertz CT molecular complexity index is 613. The van der Waals surface area contributed by atoms with E-state index < -0.39 is 11.6 Å². The minimum Gasteiger partial charge on any atom is -0.370 e. The summed E-state index contributed by atoms with van der Waals surface area (Å²) < 4.78 is 27.2. The Hall–Kier alpha value is -2.28. The molecule has 0 spiro atoms. The van der Waals surface area contributed by atoms with Gasteiger partial charge in [0.2, 0.25) is 5.95 Å². The van der Waals surface area contributed by atoms with E-state index in [9.17, 15) is 8.78 Å². The average Bonchev–Trinajstić information content (AvgIpc) is 2.51. The largest absolute Gasteiger partial charge is 0.370 e. The summed E-state index contributed by atoms with van der Waals surface area (Å²) in [6.07, 6.45) is 3.62. The van der Waals surface area contributed by atoms with Crippen LogP contribution in [0.15, 0.2) is 30.5 Å². The van der Waals surface area contributed by atoms with Crippen molar-refractivity contribution in [1.29, 1.82) is 0 Å². The van der Waals surface area contributed by atoms with Crippen LogP contribution in [-0.4, -0.2) is 42.1 Å². The summed E-state index contributed by atoms with van der Waals surface area (Å²) in [5, 5.41) is 5.76. The first-order valence-electron chi connectivity index (χ1n) is 7.49. The number of halogens is 2. The molecule has 1 aromatic heterocycles. The first-order valence-corrected chi connectivity index (χ1v) is 7.49. The molecule has 1 aromatic carbocycles. The van der Waals surface area contributed by atoms with Crippen molar-refractivity contribution in [3.63, 3.8) is 0 Å². The fourth-order valence-electron chi connectivity index (χ4n) is 2.02. The second-order valence-corrected chi connectivity index (χ2v) is 5.42. The predicted molar refractivity (Wildman–Crippen MR) is 88.0 cm³/mol. The summed E-state index contributed by atoms with van der Waals surface area (Å²) in [6.45, 7) is 1.81. The van der Waals surface area contributed by atoms with Crippen molar-refractivity contribution in [3.05, 3.63) is 42.1 Å². The number of nitrogens with one attached hydrogen (secondary N) is 2. The van der Waals surface area contributed by atoms with Gasteiger partial charge in [-0.2, -0.15) is 4.98 Å². The molecule has 0 amide bonds. The normalized spacial score (nSPS) is 10.8. The molecule has 0 unspecified atom stereocenters. The molecule has 0 fully saturated rings. The number of anilines is 3. The molecule has 2 aromatic rings. The van der Waals surface area contributed by atoms with E-state index in [4.69, 9.17) is 0 Å². The molecule has 0 aliphatic carbocycles. The highest BCUT2D eigenvalue weighted by atomic mass is 19.1. The van der Waals surface area contributed by atoms with Crippen LogP contribution in [0.3, 0.4) is 0 Å². The summed E-state index contributed by atoms with van der Waals surface area (Å²) in [4.78, 5) is 10.3. The van der Waals surface area contributed by atoms with Gasteiger partial charge in [0.05, 0.1) is 0 Å². The van der Waals surface area contributed by atoms with Crippen molar-refractivity contribution in [2.45, 2.75) is 12.8 Å². The van der Waals surface area contributed by atoms with Gasteiger partial charge in [0.25, 0.3) is 0 Å². The van der Waals surface area contributed by atoms with Crippen molar-refractivity contribution in [1.82, 2.24) is 14.9 Å². The Balaban J connectivity index is 1.92. The van der Waals surface area contributed by atoms with Gasteiger partial charge >= 0.3 is 0 Å². The molecule has 5 nitrogen and oxygen atoms in total. The van der Waals surface area contributed by atoms with E-state index in [1.54, 1.807) is 6.07 Å². The molecule has 23 heavy (non-hydrogen) atoms. The molecule has 2 rings (SSSR count). The monoisotopic (exact) mass is 321 g/mol. The van der Waals surface area contributed by atoms with Crippen LogP contribution in [0, 0.1) is 11.6 Å². The Morgan fingerprint density at radius 2 is 1.83 bits per heavy atom. The number of rotatable bonds is 8. The zero-order chi connectivity index (χ0) is 16.7. The molecular formula is C16H21F2N5. The molecular weight excluding hydrogens is 300 g/mol. The molecule has 7 heteroatoms. The van der Waals surface area contributed by atoms with Crippen LogP contribution >= 0.6 is 0 Å². The van der Waals surface area contributed by atoms with Crippen molar-refractivity contribution in [2.75, 3.05) is 37.8 Å². The maximum absolute atomic E-state index is 13.6. The van der Waals surface area contributed by atoms with E-state index in [1.165, 1.54) is 24.4 Å². The van der Waals surface area contributed by atoms with E-state index in [1.807, 2.05) is 14.1 Å². The van der Waals surface area contributed by atoms with Gasteiger partial charge in [0.1, 0.15) is 23.1 Å². The highest BCUT2D eigenvalue weighted by Crippen LogP contribution is 2.21. The molecule has 0 atom stereocenters. The molecule has 0 aliphatic rings. The molecule has 1 heterocycles. The minimum atomic E-state index is -0.685. The first-order chi connectivity index (χ1) is 11.1. The topological polar surface area (TPSA) is 53.1 Å². The Morgan fingerprint density at radius 3 is 2.52 bits per heavy atom. The van der Waals surface area contributed by atoms with Crippen molar-refractivity contribution >= 4 is 17.5 Å². The fourth-order valence-corrected chi connectivity index (χ4v) is 2.02. The maximum atomic E-state index is 13.6. The third kappa shape index (κ3) is 5.45. The molecule has 124 valence electrons. The van der Waals surface area contributed by atoms with E-state index in [-0.39, 0.29) is 11.6 Å². The molecule has 0 aliphatic heterocycles. The van der Waals surface area contributed by atoms with E-state index >= 15 is 0 Å². The highest BCUT2D eigenvalue weighted by Gasteiger charge is 2.10. The van der Waals surface area contributed by atoms with Gasteiger partial charge in [0.15, 0.2) is 0 Å². The Morgan fingerprint density at radius 1 is 1.09 bits per heavy atom. The predicted octanol–water partition coefficient (Wildman–Crippen LogP) is 3.25. The SMILES string of the molecule is CN(C)CCCCNc1ccnc(Nc2c(F)cccc2F)n1. The van der Waals surface area contributed by atoms with Crippen LogP contribution in [0.1, 0.15) is 12.8 Å². The summed E-state index contributed by atoms with van der Waals surface area (Å²) in [6, 6.07) is 5.38. The molecule has 0 saturated carbocycles. The number of para-hydroxylation sites is 1. The quantitative estimate of drug-likeness (QED) is 0.731. The third-order valence-corrected chi connectivity index (χ3v) is 3.19. The van der Waals surface area contributed by atoms with E-state index in [0.717, 1.165) is 25.9 Å². The summed E-state index contributed by atoms with van der Waals surface area (Å²) in [7, 11) is 4.08. The lowest BCUT2D eigenvalue weighted by atomic mass is 10.3. The van der Waals surface area contributed by atoms with Gasteiger partial charge in [-0.1, -0.05) is 6.07 Å². The van der Waals surface area contributed by atoms with Crippen LogP contribution < -0.4 is 10.6 Å². The van der Waals surface area contributed by atoms with Crippen LogP contribution in [0.4, 0.5) is 26.2 Å². The Labute approximate surface area is 134 Å². The van der Waals surface area contributed by atoms with E-state index in [0.29, 0.717) is 5.82 Å². The van der Waals surface area contributed by atoms with Gasteiger partial charge in [-0.05, 0) is 51.7 Å². The Kier molecular flexibility index (Phi) is 6.22. The number of nitrogens with zero attached hydrogens (tertiary/aromatic N) is 3. The third-order valence-electron chi connectivity index (χ3n) is 3.19. The second kappa shape index (κ2) is 8.38. The lowest BCUT2D eigenvalue weighted by Crippen LogP contribution is -2.14. The second-order valence-electron chi connectivity index (χ2n) is 5.42. The van der Waals surface area contributed by atoms with Gasteiger partial charge in [-0.25, -0.2) is 13.8 Å². The number of unbranched alkanes of at least 4 members (excludes halogenated alkanes) is 1. The van der Waals surface area contributed by atoms with Crippen LogP contribution in [0.25, 0.3) is 0 Å². The van der Waals surface area contributed by atoms with Crippen molar-refractivity contribution < 1.29 is 8.78 Å². The van der Waals surface area contributed by atoms with Gasteiger partial charge < -0.3 is 15.5 Å². The molecule has 2 N–H and O–H groups in total. The van der Waals surface area contributed by atoms with Gasteiger partial charge in [-0.3, -0.25) is 0 Å². The van der Waals surface area contributed by atoms with Crippen LogP contribution in [0.2, 0.25) is 0 Å². The molecule has 0 saturated heterocycles. The maximum Gasteiger partial charge on any atom is 0.229 e. The lowest BCUT2D eigenvalue weighted by molar-refractivity contribution is 0.396.